The Labute approximate surface area is 138 Å². The van der Waals surface area contributed by atoms with Crippen LogP contribution in [0.25, 0.3) is 0 Å². The third-order valence-corrected chi connectivity index (χ3v) is 4.03. The molecule has 0 aliphatic carbocycles. The van der Waals surface area contributed by atoms with E-state index in [2.05, 4.69) is 0 Å². The van der Waals surface area contributed by atoms with Crippen LogP contribution in [0.4, 0.5) is 13.2 Å². The van der Waals surface area contributed by atoms with Gasteiger partial charge in [-0.15, -0.1) is 0 Å². The van der Waals surface area contributed by atoms with Gasteiger partial charge in [-0.2, -0.15) is 13.2 Å². The lowest BCUT2D eigenvalue weighted by atomic mass is 10.1. The average Bonchev–Trinajstić information content (AvgIpc) is 2.84. The van der Waals surface area contributed by atoms with Gasteiger partial charge in [-0.05, 0) is 31.2 Å². The summed E-state index contributed by atoms with van der Waals surface area (Å²) in [7, 11) is 3.62. The summed E-state index contributed by atoms with van der Waals surface area (Å²) in [5, 5.41) is 1.83. The van der Waals surface area contributed by atoms with Crippen LogP contribution in [0.1, 0.15) is 22.3 Å². The van der Waals surface area contributed by atoms with E-state index >= 15 is 0 Å². The normalized spacial score (nSPS) is 18.3. The van der Waals surface area contributed by atoms with Crippen LogP contribution in [0.5, 0.6) is 0 Å². The summed E-state index contributed by atoms with van der Waals surface area (Å²) in [5.41, 5.74) is 1.05. The lowest BCUT2D eigenvalue weighted by molar-refractivity contribution is -0.130. The highest BCUT2D eigenvalue weighted by molar-refractivity contribution is 5.94. The summed E-state index contributed by atoms with van der Waals surface area (Å²) in [6.45, 7) is -0.103. The number of rotatable bonds is 5. The predicted octanol–water partition coefficient (Wildman–Crippen LogP) is 1.64. The molecule has 1 aromatic carbocycles. The van der Waals surface area contributed by atoms with Crippen molar-refractivity contribution in [2.24, 2.45) is 0 Å². The SMILES string of the molecule is CN1CCC(N(C)Cc2ccc(C(=O)NCC(F)(F)F)cc2)C1=O. The predicted molar refractivity (Wildman–Crippen MR) is 82.3 cm³/mol. The molecule has 0 radical (unpaired) electrons. The van der Waals surface area contributed by atoms with Gasteiger partial charge in [-0.3, -0.25) is 14.5 Å². The molecule has 2 amide bonds. The molecule has 1 aliphatic rings. The number of nitrogens with zero attached hydrogens (tertiary/aromatic N) is 2. The van der Waals surface area contributed by atoms with Crippen molar-refractivity contribution in [3.63, 3.8) is 0 Å². The molecule has 0 spiro atoms. The summed E-state index contributed by atoms with van der Waals surface area (Å²) in [4.78, 5) is 27.2. The van der Waals surface area contributed by atoms with Crippen LogP contribution < -0.4 is 5.32 Å². The van der Waals surface area contributed by atoms with Crippen molar-refractivity contribution in [2.45, 2.75) is 25.2 Å². The second kappa shape index (κ2) is 7.21. The van der Waals surface area contributed by atoms with Gasteiger partial charge in [0.1, 0.15) is 6.54 Å². The summed E-state index contributed by atoms with van der Waals surface area (Å²) in [5.74, 6) is -0.680. The first-order valence-corrected chi connectivity index (χ1v) is 7.56. The second-order valence-electron chi connectivity index (χ2n) is 5.97. The zero-order valence-electron chi connectivity index (χ0n) is 13.6. The van der Waals surface area contributed by atoms with Crippen LogP contribution in [-0.4, -0.2) is 61.0 Å². The molecular formula is C16H20F3N3O2. The van der Waals surface area contributed by atoms with E-state index in [1.807, 2.05) is 17.3 Å². The van der Waals surface area contributed by atoms with Gasteiger partial charge in [0.05, 0.1) is 6.04 Å². The molecule has 0 saturated carbocycles. The highest BCUT2D eigenvalue weighted by Gasteiger charge is 2.32. The summed E-state index contributed by atoms with van der Waals surface area (Å²) in [6, 6.07) is 6.17. The van der Waals surface area contributed by atoms with Gasteiger partial charge in [0, 0.05) is 25.7 Å². The number of halogens is 3. The van der Waals surface area contributed by atoms with Crippen molar-refractivity contribution in [1.82, 2.24) is 15.1 Å². The third-order valence-electron chi connectivity index (χ3n) is 4.03. The molecule has 0 bridgehead atoms. The van der Waals surface area contributed by atoms with Gasteiger partial charge >= 0.3 is 6.18 Å². The molecule has 24 heavy (non-hydrogen) atoms. The maximum absolute atomic E-state index is 12.1. The number of carbonyl (C=O) groups excluding carboxylic acids is 2. The fourth-order valence-corrected chi connectivity index (χ4v) is 2.66. The highest BCUT2D eigenvalue weighted by atomic mass is 19.4. The Balaban J connectivity index is 1.92. The molecule has 1 heterocycles. The fraction of sp³-hybridized carbons (Fsp3) is 0.500. The minimum Gasteiger partial charge on any atom is -0.344 e. The summed E-state index contributed by atoms with van der Waals surface area (Å²) >= 11 is 0. The van der Waals surface area contributed by atoms with E-state index in [0.29, 0.717) is 6.54 Å². The second-order valence-corrected chi connectivity index (χ2v) is 5.97. The number of alkyl halides is 3. The minimum absolute atomic E-state index is 0.0839. The first kappa shape index (κ1) is 18.3. The van der Waals surface area contributed by atoms with Crippen LogP contribution in [0.3, 0.4) is 0 Å². The first-order chi connectivity index (χ1) is 11.2. The van der Waals surface area contributed by atoms with Crippen molar-refractivity contribution in [1.29, 1.82) is 0 Å². The number of hydrogen-bond donors (Lipinski definition) is 1. The van der Waals surface area contributed by atoms with Crippen molar-refractivity contribution < 1.29 is 22.8 Å². The van der Waals surface area contributed by atoms with Crippen LogP contribution in [0, 0.1) is 0 Å². The smallest absolute Gasteiger partial charge is 0.344 e. The molecule has 1 N–H and O–H groups in total. The van der Waals surface area contributed by atoms with Gasteiger partial charge in [-0.25, -0.2) is 0 Å². The first-order valence-electron chi connectivity index (χ1n) is 7.56. The largest absolute Gasteiger partial charge is 0.405 e. The van der Waals surface area contributed by atoms with Crippen molar-refractivity contribution >= 4 is 11.8 Å². The maximum atomic E-state index is 12.1. The third kappa shape index (κ3) is 4.70. The molecule has 1 fully saturated rings. The Bertz CT molecular complexity index is 602. The number of carbonyl (C=O) groups is 2. The highest BCUT2D eigenvalue weighted by Crippen LogP contribution is 2.17. The lowest BCUT2D eigenvalue weighted by Crippen LogP contribution is -2.38. The zero-order chi connectivity index (χ0) is 17.9. The molecule has 1 aromatic rings. The van der Waals surface area contributed by atoms with E-state index in [-0.39, 0.29) is 17.5 Å². The average molecular weight is 343 g/mol. The van der Waals surface area contributed by atoms with E-state index in [4.69, 9.17) is 0 Å². The molecular weight excluding hydrogens is 323 g/mol. The van der Waals surface area contributed by atoms with Crippen LogP contribution in [-0.2, 0) is 11.3 Å². The molecule has 132 valence electrons. The van der Waals surface area contributed by atoms with E-state index in [1.54, 1.807) is 24.1 Å². The van der Waals surface area contributed by atoms with Crippen LogP contribution in [0.2, 0.25) is 0 Å². The lowest BCUT2D eigenvalue weighted by Gasteiger charge is -2.22. The Hall–Kier alpha value is -2.09. The number of nitrogens with one attached hydrogen (secondary N) is 1. The molecule has 1 aliphatic heterocycles. The topological polar surface area (TPSA) is 52.6 Å². The number of amides is 2. The van der Waals surface area contributed by atoms with Gasteiger partial charge < -0.3 is 10.2 Å². The Morgan fingerprint density at radius 3 is 2.46 bits per heavy atom. The monoisotopic (exact) mass is 343 g/mol. The maximum Gasteiger partial charge on any atom is 0.405 e. The Morgan fingerprint density at radius 1 is 1.33 bits per heavy atom. The molecule has 1 unspecified atom stereocenters. The van der Waals surface area contributed by atoms with Crippen LogP contribution in [0.15, 0.2) is 24.3 Å². The van der Waals surface area contributed by atoms with Gasteiger partial charge in [0.2, 0.25) is 5.91 Å². The fourth-order valence-electron chi connectivity index (χ4n) is 2.66. The molecule has 5 nitrogen and oxygen atoms in total. The van der Waals surface area contributed by atoms with E-state index in [1.165, 1.54) is 12.1 Å². The van der Waals surface area contributed by atoms with Crippen molar-refractivity contribution in [2.75, 3.05) is 27.2 Å². The van der Waals surface area contributed by atoms with Crippen molar-refractivity contribution in [3.05, 3.63) is 35.4 Å². The van der Waals surface area contributed by atoms with Gasteiger partial charge in [0.25, 0.3) is 5.91 Å². The standard InChI is InChI=1S/C16H20F3N3O2/c1-21-8-7-13(15(21)24)22(2)9-11-3-5-12(6-4-11)14(23)20-10-16(17,18)19/h3-6,13H,7-10H2,1-2H3,(H,20,23). The number of hydrogen-bond acceptors (Lipinski definition) is 3. The number of likely N-dealkylation sites (N-methyl/N-ethyl adjacent to an activating group) is 2. The number of likely N-dealkylation sites (tertiary alicyclic amines) is 1. The van der Waals surface area contributed by atoms with E-state index in [9.17, 15) is 22.8 Å². The Kier molecular flexibility index (Phi) is 5.48. The van der Waals surface area contributed by atoms with E-state index < -0.39 is 18.6 Å². The van der Waals surface area contributed by atoms with Crippen LogP contribution >= 0.6 is 0 Å². The van der Waals surface area contributed by atoms with Crippen molar-refractivity contribution in [3.8, 4) is 0 Å². The van der Waals surface area contributed by atoms with Gasteiger partial charge in [-0.1, -0.05) is 12.1 Å². The summed E-state index contributed by atoms with van der Waals surface area (Å²) < 4.78 is 36.3. The quantitative estimate of drug-likeness (QED) is 0.884. The molecule has 0 aromatic heterocycles. The molecule has 2 rings (SSSR count). The number of benzene rings is 1. The molecule has 8 heteroatoms. The van der Waals surface area contributed by atoms with Gasteiger partial charge in [0.15, 0.2) is 0 Å². The zero-order valence-corrected chi connectivity index (χ0v) is 13.6. The minimum atomic E-state index is -4.43. The van der Waals surface area contributed by atoms with E-state index in [0.717, 1.165) is 18.5 Å². The Morgan fingerprint density at radius 2 is 1.96 bits per heavy atom. The molecule has 1 atom stereocenters. The summed E-state index contributed by atoms with van der Waals surface area (Å²) in [6.07, 6.45) is -3.66. The molecule has 1 saturated heterocycles.